The fraction of sp³-hybridized carbons (Fsp3) is 0.280. The number of sulfonamides is 1. The van der Waals surface area contributed by atoms with Crippen LogP contribution in [-0.2, 0) is 16.6 Å². The second-order valence-electron chi connectivity index (χ2n) is 7.30. The largest absolute Gasteiger partial charge is 0.494 e. The molecule has 0 saturated carbocycles. The summed E-state index contributed by atoms with van der Waals surface area (Å²) in [6, 6.07) is 15.3. The molecular formula is C25H32F2N3O4PS. The first-order valence-electron chi connectivity index (χ1n) is 11.0. The van der Waals surface area contributed by atoms with Crippen LogP contribution in [0.5, 0.6) is 5.75 Å². The highest BCUT2D eigenvalue weighted by molar-refractivity contribution is 7.92. The van der Waals surface area contributed by atoms with Crippen LogP contribution in [0.3, 0.4) is 0 Å². The molecule has 0 spiro atoms. The van der Waals surface area contributed by atoms with Gasteiger partial charge in [0.2, 0.25) is 0 Å². The van der Waals surface area contributed by atoms with Gasteiger partial charge in [-0.25, -0.2) is 17.2 Å². The molecule has 1 amide bonds. The standard InChI is InChI=1S/C21H21N3O4S.C2H5F2P.C2H6/c1-15-7-9-16(10-8-15)13-23-21(25)17-5-3-4-6-20(17)29(26,27)24-18-14-22-12-11-19(18)28-2;1-2(3,4)5;1-2/h3-12,14,24H,13H2,1-2H3,(H,23,25);5H2,1H3;1-2H3. The molecule has 11 heteroatoms. The molecule has 0 saturated heterocycles. The van der Waals surface area contributed by atoms with Crippen LogP contribution in [0.4, 0.5) is 14.5 Å². The summed E-state index contributed by atoms with van der Waals surface area (Å²) >= 11 is 0. The first kappa shape index (κ1) is 30.9. The van der Waals surface area contributed by atoms with Crippen molar-refractivity contribution in [3.8, 4) is 5.75 Å². The van der Waals surface area contributed by atoms with Crippen LogP contribution in [0.1, 0.15) is 42.3 Å². The van der Waals surface area contributed by atoms with Gasteiger partial charge in [0.05, 0.1) is 18.9 Å². The van der Waals surface area contributed by atoms with Gasteiger partial charge >= 0.3 is 0 Å². The number of aryl methyl sites for hydroxylation is 1. The Morgan fingerprint density at radius 1 is 1.08 bits per heavy atom. The molecule has 0 bridgehead atoms. The van der Waals surface area contributed by atoms with Gasteiger partial charge in [0.25, 0.3) is 21.6 Å². The quantitative estimate of drug-likeness (QED) is 0.380. The van der Waals surface area contributed by atoms with Crippen LogP contribution in [0.25, 0.3) is 0 Å². The number of nitrogens with zero attached hydrogens (tertiary/aromatic N) is 1. The zero-order valence-electron chi connectivity index (χ0n) is 20.9. The van der Waals surface area contributed by atoms with Gasteiger partial charge < -0.3 is 10.1 Å². The van der Waals surface area contributed by atoms with Crippen LogP contribution >= 0.6 is 9.24 Å². The van der Waals surface area contributed by atoms with E-state index in [0.717, 1.165) is 18.1 Å². The Morgan fingerprint density at radius 3 is 2.25 bits per heavy atom. The third-order valence-corrected chi connectivity index (χ3v) is 5.66. The maximum atomic E-state index is 12.9. The van der Waals surface area contributed by atoms with Crippen LogP contribution in [-0.4, -0.2) is 32.1 Å². The van der Waals surface area contributed by atoms with Crippen molar-refractivity contribution in [3.05, 3.63) is 83.7 Å². The highest BCUT2D eigenvalue weighted by atomic mass is 32.2. The Balaban J connectivity index is 0.000000826. The fourth-order valence-electron chi connectivity index (χ4n) is 2.71. The summed E-state index contributed by atoms with van der Waals surface area (Å²) < 4.78 is 55.4. The molecule has 36 heavy (non-hydrogen) atoms. The van der Waals surface area contributed by atoms with E-state index < -0.39 is 21.6 Å². The van der Waals surface area contributed by atoms with E-state index in [-0.39, 0.29) is 22.7 Å². The molecule has 2 aromatic carbocycles. The lowest BCUT2D eigenvalue weighted by Crippen LogP contribution is -2.26. The lowest BCUT2D eigenvalue weighted by molar-refractivity contribution is 0.0947. The number of amides is 1. The van der Waals surface area contributed by atoms with Crippen LogP contribution in [0.2, 0.25) is 0 Å². The summed E-state index contributed by atoms with van der Waals surface area (Å²) in [4.78, 5) is 16.5. The van der Waals surface area contributed by atoms with Crippen molar-refractivity contribution in [2.75, 3.05) is 11.8 Å². The molecule has 1 heterocycles. The Kier molecular flexibility index (Phi) is 12.4. The van der Waals surface area contributed by atoms with E-state index >= 15 is 0 Å². The summed E-state index contributed by atoms with van der Waals surface area (Å²) in [5.74, 6) is -0.158. The molecular weight excluding hydrogens is 507 g/mol. The number of benzene rings is 2. The Labute approximate surface area is 213 Å². The topological polar surface area (TPSA) is 97.4 Å². The average molecular weight is 540 g/mol. The van der Waals surface area contributed by atoms with Crippen LogP contribution in [0.15, 0.2) is 71.9 Å². The molecule has 0 fully saturated rings. The van der Waals surface area contributed by atoms with E-state index in [1.54, 1.807) is 12.1 Å². The van der Waals surface area contributed by atoms with E-state index in [0.29, 0.717) is 5.75 Å². The summed E-state index contributed by atoms with van der Waals surface area (Å²) in [6.45, 7) is 7.09. The van der Waals surface area contributed by atoms with Crippen molar-refractivity contribution in [2.45, 2.75) is 44.8 Å². The van der Waals surface area contributed by atoms with Gasteiger partial charge in [0, 0.05) is 25.7 Å². The number of alkyl halides is 2. The number of hydrogen-bond acceptors (Lipinski definition) is 5. The summed E-state index contributed by atoms with van der Waals surface area (Å²) in [6.07, 6.45) is 2.83. The number of anilines is 1. The number of aromatic nitrogens is 1. The number of ether oxygens (including phenoxy) is 1. The number of rotatable bonds is 7. The SMILES string of the molecule is CC.CC(F)(F)P.COc1ccncc1NS(=O)(=O)c1ccccc1C(=O)NCc1ccc(C)cc1. The third kappa shape index (κ3) is 10.7. The highest BCUT2D eigenvalue weighted by Crippen LogP contribution is 2.26. The first-order valence-corrected chi connectivity index (χ1v) is 13.1. The zero-order chi connectivity index (χ0) is 27.4. The van der Waals surface area contributed by atoms with Gasteiger partial charge in [0.15, 0.2) is 0 Å². The molecule has 1 atom stereocenters. The number of methoxy groups -OCH3 is 1. The van der Waals surface area contributed by atoms with Gasteiger partial charge in [-0.2, -0.15) is 0 Å². The molecule has 3 aromatic rings. The lowest BCUT2D eigenvalue weighted by Gasteiger charge is -2.14. The Bertz CT molecular complexity index is 1210. The summed E-state index contributed by atoms with van der Waals surface area (Å²) in [5.41, 5.74) is -0.309. The fourth-order valence-corrected chi connectivity index (χ4v) is 3.97. The molecule has 1 aromatic heterocycles. The smallest absolute Gasteiger partial charge is 0.262 e. The molecule has 0 aliphatic carbocycles. The second-order valence-corrected chi connectivity index (χ2v) is 9.97. The Hall–Kier alpha value is -3.10. The van der Waals surface area contributed by atoms with Crippen molar-refractivity contribution in [2.24, 2.45) is 0 Å². The normalized spacial score (nSPS) is 10.7. The van der Waals surface area contributed by atoms with E-state index in [1.807, 2.05) is 45.0 Å². The predicted molar refractivity (Wildman–Crippen MR) is 142 cm³/mol. The monoisotopic (exact) mass is 539 g/mol. The molecule has 0 aliphatic rings. The minimum atomic E-state index is -4.04. The lowest BCUT2D eigenvalue weighted by atomic mass is 10.1. The third-order valence-electron chi connectivity index (χ3n) is 4.24. The molecule has 3 rings (SSSR count). The predicted octanol–water partition coefficient (Wildman–Crippen LogP) is 5.63. The maximum absolute atomic E-state index is 12.9. The summed E-state index contributed by atoms with van der Waals surface area (Å²) in [5, 5.41) is 2.77. The van der Waals surface area contributed by atoms with Crippen molar-refractivity contribution < 1.29 is 26.7 Å². The number of carbonyl (C=O) groups is 1. The molecule has 7 nitrogen and oxygen atoms in total. The summed E-state index contributed by atoms with van der Waals surface area (Å²) in [7, 11) is -1.23. The van der Waals surface area contributed by atoms with Crippen molar-refractivity contribution in [1.29, 1.82) is 0 Å². The van der Waals surface area contributed by atoms with Gasteiger partial charge in [-0.15, -0.1) is 0 Å². The minimum absolute atomic E-state index is 0.0509. The average Bonchev–Trinajstić information content (AvgIpc) is 2.84. The van der Waals surface area contributed by atoms with Gasteiger partial charge in [0.1, 0.15) is 16.3 Å². The number of nitrogens with one attached hydrogen (secondary N) is 2. The van der Waals surface area contributed by atoms with Crippen molar-refractivity contribution in [1.82, 2.24) is 10.3 Å². The van der Waals surface area contributed by atoms with Gasteiger partial charge in [-0.05, 0) is 24.6 Å². The zero-order valence-corrected chi connectivity index (χ0v) is 22.9. The molecule has 196 valence electrons. The highest BCUT2D eigenvalue weighted by Gasteiger charge is 2.23. The van der Waals surface area contributed by atoms with Gasteiger partial charge in [-0.3, -0.25) is 14.5 Å². The van der Waals surface area contributed by atoms with Crippen molar-refractivity contribution in [3.63, 3.8) is 0 Å². The first-order chi connectivity index (χ1) is 16.9. The molecule has 0 aliphatic heterocycles. The van der Waals surface area contributed by atoms with Crippen LogP contribution < -0.4 is 14.8 Å². The number of carbonyl (C=O) groups excluding carboxylic acids is 1. The molecule has 1 unspecified atom stereocenters. The van der Waals surface area contributed by atoms with Gasteiger partial charge in [-0.1, -0.05) is 65.0 Å². The van der Waals surface area contributed by atoms with E-state index in [4.69, 9.17) is 4.74 Å². The number of halogens is 2. The van der Waals surface area contributed by atoms with E-state index in [2.05, 4.69) is 15.0 Å². The van der Waals surface area contributed by atoms with E-state index in [1.165, 1.54) is 46.9 Å². The molecule has 0 radical (unpaired) electrons. The Morgan fingerprint density at radius 2 is 1.67 bits per heavy atom. The second kappa shape index (κ2) is 14.5. The molecule has 2 N–H and O–H groups in total. The maximum Gasteiger partial charge on any atom is 0.262 e. The van der Waals surface area contributed by atoms with E-state index in [9.17, 15) is 22.0 Å². The number of pyridine rings is 1. The van der Waals surface area contributed by atoms with Crippen molar-refractivity contribution >= 4 is 30.9 Å². The minimum Gasteiger partial charge on any atom is -0.494 e. The number of hydrogen-bond donors (Lipinski definition) is 2. The van der Waals surface area contributed by atoms with Crippen LogP contribution in [0, 0.1) is 6.92 Å².